The van der Waals surface area contributed by atoms with Crippen molar-refractivity contribution in [3.05, 3.63) is 53.1 Å². The number of nitrogens with zero attached hydrogens (tertiary/aromatic N) is 3. The summed E-state index contributed by atoms with van der Waals surface area (Å²) in [4.78, 5) is 0. The molecule has 0 saturated heterocycles. The van der Waals surface area contributed by atoms with Crippen molar-refractivity contribution in [2.45, 2.75) is 13.5 Å². The largest absolute Gasteiger partial charge is 0.409 e. The molecule has 2 aromatic rings. The number of amidine groups is 1. The Morgan fingerprint density at radius 2 is 2.28 bits per heavy atom. The van der Waals surface area contributed by atoms with Crippen LogP contribution in [-0.4, -0.2) is 20.8 Å². The van der Waals surface area contributed by atoms with Gasteiger partial charge in [0.1, 0.15) is 5.82 Å². The molecular weight excluding hydrogens is 235 g/mol. The highest BCUT2D eigenvalue weighted by atomic mass is 19.1. The predicted octanol–water partition coefficient (Wildman–Crippen LogP) is 1.47. The Balaban J connectivity index is 2.25. The van der Waals surface area contributed by atoms with Crippen molar-refractivity contribution in [1.29, 1.82) is 0 Å². The lowest BCUT2D eigenvalue weighted by Gasteiger charge is -2.05. The van der Waals surface area contributed by atoms with Crippen LogP contribution >= 0.6 is 0 Å². The summed E-state index contributed by atoms with van der Waals surface area (Å²) >= 11 is 0. The molecule has 0 amide bonds. The molecule has 2 rings (SSSR count). The van der Waals surface area contributed by atoms with E-state index in [-0.39, 0.29) is 5.84 Å². The topological polar surface area (TPSA) is 76.4 Å². The number of benzene rings is 1. The van der Waals surface area contributed by atoms with E-state index in [9.17, 15) is 4.39 Å². The van der Waals surface area contributed by atoms with E-state index in [0.29, 0.717) is 17.7 Å². The molecule has 0 spiro atoms. The van der Waals surface area contributed by atoms with Crippen LogP contribution in [0.5, 0.6) is 0 Å². The quantitative estimate of drug-likeness (QED) is 0.374. The third kappa shape index (κ3) is 2.48. The summed E-state index contributed by atoms with van der Waals surface area (Å²) in [5, 5.41) is 15.5. The summed E-state index contributed by atoms with van der Waals surface area (Å²) in [7, 11) is 0. The van der Waals surface area contributed by atoms with Crippen LogP contribution in [0.4, 0.5) is 4.39 Å². The van der Waals surface area contributed by atoms with Gasteiger partial charge in [0.25, 0.3) is 0 Å². The third-order valence-corrected chi connectivity index (χ3v) is 2.56. The standard InChI is InChI=1S/C12H13FN4O/c1-8-4-5-17(15-8)7-10-3-2-9(6-11(10)13)12(14)16-18/h2-6,18H,7H2,1H3,(H2,14,16). The van der Waals surface area contributed by atoms with Gasteiger partial charge in [-0.1, -0.05) is 17.3 Å². The summed E-state index contributed by atoms with van der Waals surface area (Å²) in [6, 6.07) is 6.28. The normalized spacial score (nSPS) is 11.8. The molecule has 0 saturated carbocycles. The van der Waals surface area contributed by atoms with Gasteiger partial charge in [0.2, 0.25) is 0 Å². The molecule has 18 heavy (non-hydrogen) atoms. The Bertz CT molecular complexity index is 592. The average Bonchev–Trinajstić information content (AvgIpc) is 2.76. The fraction of sp³-hybridized carbons (Fsp3) is 0.167. The Labute approximate surface area is 103 Å². The molecule has 0 unspecified atom stereocenters. The van der Waals surface area contributed by atoms with Crippen LogP contribution in [0.25, 0.3) is 0 Å². The van der Waals surface area contributed by atoms with Gasteiger partial charge in [-0.15, -0.1) is 0 Å². The van der Waals surface area contributed by atoms with E-state index in [1.807, 2.05) is 13.0 Å². The summed E-state index contributed by atoms with van der Waals surface area (Å²) in [5.41, 5.74) is 7.10. The Morgan fingerprint density at radius 3 is 2.83 bits per heavy atom. The molecular formula is C12H13FN4O. The first-order valence-electron chi connectivity index (χ1n) is 5.36. The minimum absolute atomic E-state index is 0.115. The molecule has 0 aliphatic carbocycles. The van der Waals surface area contributed by atoms with Crippen molar-refractivity contribution in [3.8, 4) is 0 Å². The molecule has 3 N–H and O–H groups in total. The van der Waals surface area contributed by atoms with Crippen LogP contribution in [-0.2, 0) is 6.54 Å². The number of oxime groups is 1. The predicted molar refractivity (Wildman–Crippen MR) is 65.0 cm³/mol. The first-order valence-corrected chi connectivity index (χ1v) is 5.36. The molecule has 0 radical (unpaired) electrons. The van der Waals surface area contributed by atoms with Crippen LogP contribution in [0.2, 0.25) is 0 Å². The van der Waals surface area contributed by atoms with Crippen LogP contribution in [0.1, 0.15) is 16.8 Å². The molecule has 94 valence electrons. The van der Waals surface area contributed by atoms with Gasteiger partial charge in [0.15, 0.2) is 5.84 Å². The van der Waals surface area contributed by atoms with E-state index in [1.54, 1.807) is 23.0 Å². The molecule has 1 aromatic carbocycles. The van der Waals surface area contributed by atoms with Gasteiger partial charge in [0.05, 0.1) is 12.2 Å². The van der Waals surface area contributed by atoms with Gasteiger partial charge in [-0.25, -0.2) is 4.39 Å². The Morgan fingerprint density at radius 1 is 1.50 bits per heavy atom. The maximum absolute atomic E-state index is 13.8. The van der Waals surface area contributed by atoms with Gasteiger partial charge in [-0.05, 0) is 19.1 Å². The Hall–Kier alpha value is -2.37. The summed E-state index contributed by atoms with van der Waals surface area (Å²) < 4.78 is 15.5. The van der Waals surface area contributed by atoms with E-state index in [1.165, 1.54) is 6.07 Å². The van der Waals surface area contributed by atoms with Crippen molar-refractivity contribution in [2.75, 3.05) is 0 Å². The third-order valence-electron chi connectivity index (χ3n) is 2.56. The highest BCUT2D eigenvalue weighted by Gasteiger charge is 2.07. The molecule has 0 atom stereocenters. The first kappa shape index (κ1) is 12.1. The number of halogens is 1. The summed E-state index contributed by atoms with van der Waals surface area (Å²) in [6.45, 7) is 2.21. The fourth-order valence-corrected chi connectivity index (χ4v) is 1.62. The van der Waals surface area contributed by atoms with Gasteiger partial charge < -0.3 is 10.9 Å². The maximum atomic E-state index is 13.8. The minimum Gasteiger partial charge on any atom is -0.409 e. The zero-order valence-corrected chi connectivity index (χ0v) is 9.84. The monoisotopic (exact) mass is 248 g/mol. The maximum Gasteiger partial charge on any atom is 0.170 e. The van der Waals surface area contributed by atoms with Gasteiger partial charge in [0, 0.05) is 17.3 Å². The number of nitrogens with two attached hydrogens (primary N) is 1. The van der Waals surface area contributed by atoms with Crippen molar-refractivity contribution < 1.29 is 9.60 Å². The lowest BCUT2D eigenvalue weighted by Crippen LogP contribution is -2.14. The number of hydrogen-bond donors (Lipinski definition) is 2. The van der Waals surface area contributed by atoms with Gasteiger partial charge in [-0.2, -0.15) is 5.10 Å². The van der Waals surface area contributed by atoms with Crippen LogP contribution in [0.15, 0.2) is 35.6 Å². The zero-order valence-electron chi connectivity index (χ0n) is 9.84. The zero-order chi connectivity index (χ0) is 13.1. The van der Waals surface area contributed by atoms with Crippen molar-refractivity contribution in [2.24, 2.45) is 10.9 Å². The van der Waals surface area contributed by atoms with Gasteiger partial charge in [-0.3, -0.25) is 4.68 Å². The van der Waals surface area contributed by atoms with Crippen LogP contribution < -0.4 is 5.73 Å². The summed E-state index contributed by atoms with van der Waals surface area (Å²) in [6.07, 6.45) is 1.78. The van der Waals surface area contributed by atoms with E-state index in [0.717, 1.165) is 5.69 Å². The van der Waals surface area contributed by atoms with Crippen molar-refractivity contribution in [1.82, 2.24) is 9.78 Å². The molecule has 6 heteroatoms. The minimum atomic E-state index is -0.410. The average molecular weight is 248 g/mol. The van der Waals surface area contributed by atoms with E-state index >= 15 is 0 Å². The second-order valence-electron chi connectivity index (χ2n) is 3.95. The lowest BCUT2D eigenvalue weighted by molar-refractivity contribution is 0.318. The number of aryl methyl sites for hydroxylation is 1. The summed E-state index contributed by atoms with van der Waals surface area (Å²) in [5.74, 6) is -0.525. The molecule has 0 aliphatic rings. The van der Waals surface area contributed by atoms with Crippen LogP contribution in [0.3, 0.4) is 0 Å². The van der Waals surface area contributed by atoms with Crippen molar-refractivity contribution >= 4 is 5.84 Å². The highest BCUT2D eigenvalue weighted by Crippen LogP contribution is 2.12. The highest BCUT2D eigenvalue weighted by molar-refractivity contribution is 5.97. The SMILES string of the molecule is Cc1ccn(Cc2ccc(C(N)=NO)cc2F)n1. The molecule has 1 aromatic heterocycles. The molecule has 0 fully saturated rings. The second-order valence-corrected chi connectivity index (χ2v) is 3.95. The number of hydrogen-bond acceptors (Lipinski definition) is 3. The molecule has 0 aliphatic heterocycles. The second kappa shape index (κ2) is 4.87. The molecule has 0 bridgehead atoms. The van der Waals surface area contributed by atoms with Gasteiger partial charge >= 0.3 is 0 Å². The van der Waals surface area contributed by atoms with E-state index in [2.05, 4.69) is 10.3 Å². The lowest BCUT2D eigenvalue weighted by atomic mass is 10.1. The fourth-order valence-electron chi connectivity index (χ4n) is 1.62. The molecule has 5 nitrogen and oxygen atoms in total. The number of aromatic nitrogens is 2. The molecule has 1 heterocycles. The smallest absolute Gasteiger partial charge is 0.170 e. The Kier molecular flexibility index (Phi) is 3.27. The van der Waals surface area contributed by atoms with E-state index in [4.69, 9.17) is 10.9 Å². The van der Waals surface area contributed by atoms with Crippen molar-refractivity contribution in [3.63, 3.8) is 0 Å². The van der Waals surface area contributed by atoms with Crippen LogP contribution in [0, 0.1) is 12.7 Å². The van der Waals surface area contributed by atoms with E-state index < -0.39 is 5.82 Å². The first-order chi connectivity index (χ1) is 8.60. The number of rotatable bonds is 3.